The first-order valence-electron chi connectivity index (χ1n) is 16.2. The maximum atomic E-state index is 9.50. The van der Waals surface area contributed by atoms with Crippen LogP contribution in [0.2, 0.25) is 0 Å². The fourth-order valence-corrected chi connectivity index (χ4v) is 4.79. The summed E-state index contributed by atoms with van der Waals surface area (Å²) in [6.07, 6.45) is 11.4. The third kappa shape index (κ3) is 13.5. The number of likely N-dealkylation sites (N-methyl/N-ethyl adjacent to an activating group) is 1. The lowest BCUT2D eigenvalue weighted by atomic mass is 9.96. The quantitative estimate of drug-likeness (QED) is 0.132. The summed E-state index contributed by atoms with van der Waals surface area (Å²) in [5.74, 6) is 1.28. The van der Waals surface area contributed by atoms with E-state index >= 15 is 0 Å². The molecule has 2 heterocycles. The largest absolute Gasteiger partial charge is 0.487 e. The van der Waals surface area contributed by atoms with Gasteiger partial charge in [0, 0.05) is 37.0 Å². The highest BCUT2D eigenvalue weighted by atomic mass is 16.5. The molecule has 4 rings (SSSR count). The lowest BCUT2D eigenvalue weighted by Crippen LogP contribution is -2.32. The predicted octanol–water partition coefficient (Wildman–Crippen LogP) is 2.89. The van der Waals surface area contributed by atoms with Gasteiger partial charge in [0.2, 0.25) is 5.88 Å². The second kappa shape index (κ2) is 20.7. The van der Waals surface area contributed by atoms with Gasteiger partial charge in [-0.2, -0.15) is 5.26 Å². The number of morpholine rings is 1. The zero-order valence-corrected chi connectivity index (χ0v) is 27.8. The molecule has 0 unspecified atom stereocenters. The van der Waals surface area contributed by atoms with E-state index in [0.29, 0.717) is 66.3 Å². The smallest absolute Gasteiger partial charge is 0.210 e. The van der Waals surface area contributed by atoms with Crippen LogP contribution in [0.1, 0.15) is 50.2 Å². The molecule has 13 heteroatoms. The Balaban J connectivity index is 0.000000756. The molecule has 0 amide bonds. The van der Waals surface area contributed by atoms with Crippen LogP contribution >= 0.6 is 0 Å². The highest BCUT2D eigenvalue weighted by molar-refractivity contribution is 6.10. The Morgan fingerprint density at radius 2 is 1.91 bits per heavy atom. The van der Waals surface area contributed by atoms with E-state index < -0.39 is 0 Å². The van der Waals surface area contributed by atoms with E-state index in [9.17, 15) is 5.26 Å². The fourth-order valence-electron chi connectivity index (χ4n) is 4.79. The van der Waals surface area contributed by atoms with Crippen molar-refractivity contribution in [2.45, 2.75) is 51.2 Å². The first-order valence-corrected chi connectivity index (χ1v) is 16.2. The van der Waals surface area contributed by atoms with Gasteiger partial charge < -0.3 is 46.4 Å². The summed E-state index contributed by atoms with van der Waals surface area (Å²) in [7, 11) is 2.11. The number of hydrogen-bond donors (Lipinski definition) is 4. The van der Waals surface area contributed by atoms with Crippen LogP contribution in [0.5, 0.6) is 5.75 Å². The number of nitrogens with two attached hydrogens (primary N) is 3. The highest BCUT2D eigenvalue weighted by Gasteiger charge is 2.20. The molecule has 0 aromatic heterocycles. The van der Waals surface area contributed by atoms with Gasteiger partial charge in [-0.25, -0.2) is 4.99 Å². The van der Waals surface area contributed by atoms with E-state index in [1.54, 1.807) is 30.6 Å². The molecule has 0 bridgehead atoms. The van der Waals surface area contributed by atoms with Crippen LogP contribution in [0, 0.1) is 17.2 Å². The molecular weight excluding hydrogens is 598 g/mol. The standard InChI is InChI=1S/C29H40N8O3.C5H11NO/c1-20(13-34-19-32)40-28-10-23(8-9-24(28)11-30)25(12-31)14-35-21(2)37-27(15-36-26-6-4-3-5-7-26)29(33)39-18-22-16-38-17-22;1-6-2-4-7-5-3-6/h8-10,12,14-15,19-20,22,26,37H,2-7,13,16-18,31,33H2,1H3,(H2,32,34);2-5H2,1H3/b25-12+,29-27-,35-14-,36-15?;/t20-;/m0./s1. The maximum absolute atomic E-state index is 9.50. The summed E-state index contributed by atoms with van der Waals surface area (Å²) >= 11 is 0. The van der Waals surface area contributed by atoms with E-state index in [0.717, 1.165) is 39.1 Å². The second-order valence-corrected chi connectivity index (χ2v) is 11.7. The van der Waals surface area contributed by atoms with Gasteiger partial charge in [-0.05, 0) is 44.5 Å². The molecule has 1 aromatic rings. The van der Waals surface area contributed by atoms with Gasteiger partial charge in [-0.1, -0.05) is 31.9 Å². The maximum Gasteiger partial charge on any atom is 0.210 e. The Morgan fingerprint density at radius 1 is 1.17 bits per heavy atom. The van der Waals surface area contributed by atoms with Gasteiger partial charge in [0.25, 0.3) is 0 Å². The van der Waals surface area contributed by atoms with Crippen LogP contribution in [-0.4, -0.2) is 95.5 Å². The van der Waals surface area contributed by atoms with Crippen molar-refractivity contribution in [1.29, 1.82) is 5.26 Å². The number of allylic oxidation sites excluding steroid dienone is 2. The summed E-state index contributed by atoms with van der Waals surface area (Å²) in [6.45, 7) is 12.0. The second-order valence-electron chi connectivity index (χ2n) is 11.7. The van der Waals surface area contributed by atoms with Gasteiger partial charge >= 0.3 is 0 Å². The zero-order chi connectivity index (χ0) is 33.9. The van der Waals surface area contributed by atoms with E-state index in [-0.39, 0.29) is 18.0 Å². The first-order chi connectivity index (χ1) is 22.8. The minimum atomic E-state index is -0.282. The number of nitrogens with zero attached hydrogens (tertiary/aromatic N) is 5. The number of nitriles is 1. The Kier molecular flexibility index (Phi) is 16.3. The van der Waals surface area contributed by atoms with Gasteiger partial charge in [-0.3, -0.25) is 9.98 Å². The fraction of sp³-hybridized carbons (Fsp3) is 0.529. The van der Waals surface area contributed by atoms with Crippen LogP contribution in [0.25, 0.3) is 5.57 Å². The number of nitrogens with one attached hydrogen (secondary N) is 1. The normalized spacial score (nSPS) is 19.4. The molecule has 0 radical (unpaired) electrons. The molecule has 1 aliphatic carbocycles. The molecule has 1 atom stereocenters. The minimum absolute atomic E-state index is 0.222. The minimum Gasteiger partial charge on any atom is -0.487 e. The van der Waals surface area contributed by atoms with E-state index in [2.05, 4.69) is 39.9 Å². The SMILES string of the molecule is C=C(/N=C\C(=C/N)c1ccc(C#N)c(O[C@@H](C)CN=CN)c1)N/C(C=NC1CCCCC1)=C(/N)OCC1COC1.CN1CCOCC1. The van der Waals surface area contributed by atoms with Gasteiger partial charge in [0.15, 0.2) is 0 Å². The van der Waals surface area contributed by atoms with Crippen molar-refractivity contribution < 1.29 is 18.9 Å². The van der Waals surface area contributed by atoms with E-state index in [4.69, 9.17) is 41.1 Å². The lowest BCUT2D eigenvalue weighted by molar-refractivity contribution is -0.0617. The van der Waals surface area contributed by atoms with Crippen molar-refractivity contribution in [3.8, 4) is 11.8 Å². The lowest BCUT2D eigenvalue weighted by Gasteiger charge is -2.26. The van der Waals surface area contributed by atoms with Crippen LogP contribution in [-0.2, 0) is 14.2 Å². The molecule has 13 nitrogen and oxygen atoms in total. The van der Waals surface area contributed by atoms with Crippen LogP contribution in [0.3, 0.4) is 0 Å². The van der Waals surface area contributed by atoms with Crippen LogP contribution < -0.4 is 27.3 Å². The number of ether oxygens (including phenoxy) is 4. The molecular formula is C34H51N9O4. The number of rotatable bonds is 14. The molecule has 1 aromatic carbocycles. The van der Waals surface area contributed by atoms with Crippen molar-refractivity contribution in [2.75, 3.05) is 59.7 Å². The van der Waals surface area contributed by atoms with Gasteiger partial charge in [0.05, 0.1) is 63.7 Å². The van der Waals surface area contributed by atoms with Crippen molar-refractivity contribution >= 4 is 24.3 Å². The molecule has 1 saturated carbocycles. The summed E-state index contributed by atoms with van der Waals surface area (Å²) in [5.41, 5.74) is 19.7. The Labute approximate surface area is 278 Å². The predicted molar refractivity (Wildman–Crippen MR) is 187 cm³/mol. The number of benzene rings is 1. The summed E-state index contributed by atoms with van der Waals surface area (Å²) < 4.78 is 22.0. The molecule has 0 spiro atoms. The highest BCUT2D eigenvalue weighted by Crippen LogP contribution is 2.25. The average Bonchev–Trinajstić information content (AvgIpc) is 3.06. The molecule has 7 N–H and O–H groups in total. The molecule has 256 valence electrons. The van der Waals surface area contributed by atoms with Crippen molar-refractivity contribution in [3.05, 3.63) is 59.5 Å². The molecule has 47 heavy (non-hydrogen) atoms. The van der Waals surface area contributed by atoms with Crippen molar-refractivity contribution in [3.63, 3.8) is 0 Å². The van der Waals surface area contributed by atoms with Crippen molar-refractivity contribution in [1.82, 2.24) is 10.2 Å². The summed E-state index contributed by atoms with van der Waals surface area (Å²) in [5, 5.41) is 12.6. The van der Waals surface area contributed by atoms with E-state index in [1.807, 2.05) is 6.92 Å². The number of aliphatic imine (C=N–C) groups is 3. The average molecular weight is 650 g/mol. The van der Waals surface area contributed by atoms with Crippen LogP contribution in [0.15, 0.2) is 63.4 Å². The third-order valence-electron chi connectivity index (χ3n) is 7.72. The molecule has 2 saturated heterocycles. The van der Waals surface area contributed by atoms with Crippen LogP contribution in [0.4, 0.5) is 0 Å². The topological polar surface area (TPSA) is 191 Å². The monoisotopic (exact) mass is 649 g/mol. The molecule has 2 aliphatic heterocycles. The Bertz CT molecular complexity index is 1320. The Hall–Kier alpha value is -4.38. The summed E-state index contributed by atoms with van der Waals surface area (Å²) in [6, 6.07) is 7.58. The summed E-state index contributed by atoms with van der Waals surface area (Å²) in [4.78, 5) is 15.4. The van der Waals surface area contributed by atoms with E-state index in [1.165, 1.54) is 31.8 Å². The Morgan fingerprint density at radius 3 is 2.51 bits per heavy atom. The third-order valence-corrected chi connectivity index (χ3v) is 7.72. The zero-order valence-electron chi connectivity index (χ0n) is 27.8. The molecule has 3 fully saturated rings. The van der Waals surface area contributed by atoms with Gasteiger partial charge in [-0.15, -0.1) is 0 Å². The van der Waals surface area contributed by atoms with Crippen molar-refractivity contribution in [2.24, 2.45) is 38.1 Å². The number of hydrogen-bond acceptors (Lipinski definition) is 12. The molecule has 3 aliphatic rings. The van der Waals surface area contributed by atoms with Gasteiger partial charge in [0.1, 0.15) is 29.4 Å². The first kappa shape index (κ1) is 37.1.